The van der Waals surface area contributed by atoms with Crippen LogP contribution in [0.25, 0.3) is 0 Å². The van der Waals surface area contributed by atoms with E-state index in [0.717, 1.165) is 5.56 Å². The van der Waals surface area contributed by atoms with Crippen LogP contribution in [0.3, 0.4) is 0 Å². The van der Waals surface area contributed by atoms with E-state index in [1.807, 2.05) is 0 Å². The lowest BCUT2D eigenvalue weighted by atomic mass is 10.1. The zero-order valence-corrected chi connectivity index (χ0v) is 12.6. The number of likely N-dealkylation sites (N-methyl/N-ethyl adjacent to an activating group) is 1. The third-order valence-electron chi connectivity index (χ3n) is 3.68. The van der Waals surface area contributed by atoms with Crippen LogP contribution in [0, 0.1) is 0 Å². The molecule has 1 atom stereocenters. The maximum Gasteiger partial charge on any atom is 0.401 e. The van der Waals surface area contributed by atoms with E-state index in [2.05, 4.69) is 10.4 Å². The smallest absolute Gasteiger partial charge is 0.338 e. The van der Waals surface area contributed by atoms with E-state index in [-0.39, 0.29) is 19.0 Å². The molecule has 6 nitrogen and oxygen atoms in total. The summed E-state index contributed by atoms with van der Waals surface area (Å²) in [6, 6.07) is -0.525. The third-order valence-corrected chi connectivity index (χ3v) is 3.68. The minimum absolute atomic E-state index is 0.137. The predicted octanol–water partition coefficient (Wildman–Crippen LogP) is 0.387. The highest BCUT2D eigenvalue weighted by Crippen LogP contribution is 2.19. The highest BCUT2D eigenvalue weighted by molar-refractivity contribution is 5.83. The third kappa shape index (κ3) is 4.20. The van der Waals surface area contributed by atoms with Gasteiger partial charge in [0, 0.05) is 45.0 Å². The molecule has 1 amide bonds. The molecular formula is C13H20F3N5O. The highest BCUT2D eigenvalue weighted by Gasteiger charge is 2.34. The molecule has 1 saturated heterocycles. The van der Waals surface area contributed by atoms with Crippen LogP contribution in [0.2, 0.25) is 0 Å². The standard InChI is InChI=1S/C13H20F3N5O/c1-17-11(10-7-18-19(2)8-10)12(22)21-5-3-20(4-6-21)9-13(14,15)16/h7-8,11,17H,3-6,9H2,1-2H3. The fourth-order valence-electron chi connectivity index (χ4n) is 2.58. The molecular weight excluding hydrogens is 299 g/mol. The molecule has 124 valence electrons. The van der Waals surface area contributed by atoms with Crippen molar-refractivity contribution in [2.75, 3.05) is 39.8 Å². The summed E-state index contributed by atoms with van der Waals surface area (Å²) < 4.78 is 38.7. The normalized spacial score (nSPS) is 18.5. The van der Waals surface area contributed by atoms with Gasteiger partial charge in [0.25, 0.3) is 0 Å². The number of hydrogen-bond donors (Lipinski definition) is 1. The lowest BCUT2D eigenvalue weighted by Crippen LogP contribution is -2.52. The topological polar surface area (TPSA) is 53.4 Å². The van der Waals surface area contributed by atoms with Crippen LogP contribution >= 0.6 is 0 Å². The Bertz CT molecular complexity index is 508. The van der Waals surface area contributed by atoms with Gasteiger partial charge in [-0.1, -0.05) is 0 Å². The first-order valence-electron chi connectivity index (χ1n) is 7.04. The number of hydrogen-bond acceptors (Lipinski definition) is 4. The average Bonchev–Trinajstić information content (AvgIpc) is 2.85. The number of nitrogens with zero attached hydrogens (tertiary/aromatic N) is 4. The summed E-state index contributed by atoms with van der Waals surface area (Å²) in [5.41, 5.74) is 0.743. The number of piperazine rings is 1. The number of halogens is 3. The Hall–Kier alpha value is -1.61. The minimum Gasteiger partial charge on any atom is -0.338 e. The molecule has 0 saturated carbocycles. The summed E-state index contributed by atoms with van der Waals surface area (Å²) in [6.45, 7) is 0.136. The maximum absolute atomic E-state index is 12.5. The lowest BCUT2D eigenvalue weighted by Gasteiger charge is -2.36. The first kappa shape index (κ1) is 16.8. The molecule has 0 aliphatic carbocycles. The number of aromatic nitrogens is 2. The van der Waals surface area contributed by atoms with Crippen molar-refractivity contribution >= 4 is 5.91 Å². The van der Waals surface area contributed by atoms with Gasteiger partial charge in [-0.25, -0.2) is 0 Å². The lowest BCUT2D eigenvalue weighted by molar-refractivity contribution is -0.152. The summed E-state index contributed by atoms with van der Waals surface area (Å²) in [5, 5.41) is 6.98. The van der Waals surface area contributed by atoms with Crippen LogP contribution < -0.4 is 5.32 Å². The first-order chi connectivity index (χ1) is 10.3. The Balaban J connectivity index is 1.94. The molecule has 1 fully saturated rings. The highest BCUT2D eigenvalue weighted by atomic mass is 19.4. The maximum atomic E-state index is 12.5. The number of carbonyl (C=O) groups excluding carboxylic acids is 1. The Labute approximate surface area is 126 Å². The number of rotatable bonds is 4. The number of nitrogens with one attached hydrogen (secondary N) is 1. The van der Waals surface area contributed by atoms with Gasteiger partial charge in [-0.3, -0.25) is 14.4 Å². The largest absolute Gasteiger partial charge is 0.401 e. The second-order valence-electron chi connectivity index (χ2n) is 5.39. The Morgan fingerprint density at radius 2 is 2.00 bits per heavy atom. The second kappa shape index (κ2) is 6.66. The number of carbonyl (C=O) groups is 1. The number of alkyl halides is 3. The molecule has 1 aromatic rings. The number of aryl methyl sites for hydroxylation is 1. The van der Waals surface area contributed by atoms with Crippen molar-refractivity contribution < 1.29 is 18.0 Å². The van der Waals surface area contributed by atoms with Gasteiger partial charge in [0.1, 0.15) is 6.04 Å². The summed E-state index contributed by atoms with van der Waals surface area (Å²) in [4.78, 5) is 15.4. The summed E-state index contributed by atoms with van der Waals surface area (Å²) in [5.74, 6) is -0.137. The first-order valence-corrected chi connectivity index (χ1v) is 7.04. The zero-order valence-electron chi connectivity index (χ0n) is 12.6. The van der Waals surface area contributed by atoms with Gasteiger partial charge in [0.05, 0.1) is 12.7 Å². The van der Waals surface area contributed by atoms with Crippen molar-refractivity contribution in [1.29, 1.82) is 0 Å². The van der Waals surface area contributed by atoms with Crippen LogP contribution in [-0.2, 0) is 11.8 Å². The van der Waals surface area contributed by atoms with E-state index in [1.165, 1.54) is 4.90 Å². The molecule has 1 aromatic heterocycles. The van der Waals surface area contributed by atoms with E-state index in [0.29, 0.717) is 13.1 Å². The van der Waals surface area contributed by atoms with Crippen molar-refractivity contribution in [2.45, 2.75) is 12.2 Å². The monoisotopic (exact) mass is 319 g/mol. The van der Waals surface area contributed by atoms with Gasteiger partial charge in [-0.2, -0.15) is 18.3 Å². The summed E-state index contributed by atoms with van der Waals surface area (Å²) in [6.07, 6.45) is -0.840. The summed E-state index contributed by atoms with van der Waals surface area (Å²) in [7, 11) is 3.44. The van der Waals surface area contributed by atoms with Crippen molar-refractivity contribution in [3.8, 4) is 0 Å². The van der Waals surface area contributed by atoms with Crippen LogP contribution in [0.5, 0.6) is 0 Å². The molecule has 0 aromatic carbocycles. The number of amides is 1. The summed E-state index contributed by atoms with van der Waals surface area (Å²) >= 11 is 0. The molecule has 0 radical (unpaired) electrons. The molecule has 22 heavy (non-hydrogen) atoms. The van der Waals surface area contributed by atoms with E-state index in [9.17, 15) is 18.0 Å². The molecule has 1 unspecified atom stereocenters. The molecule has 2 heterocycles. The predicted molar refractivity (Wildman–Crippen MR) is 74.1 cm³/mol. The van der Waals surface area contributed by atoms with Crippen molar-refractivity contribution in [1.82, 2.24) is 24.9 Å². The van der Waals surface area contributed by atoms with Gasteiger partial charge in [-0.05, 0) is 7.05 Å². The fraction of sp³-hybridized carbons (Fsp3) is 0.692. The van der Waals surface area contributed by atoms with Gasteiger partial charge >= 0.3 is 6.18 Å². The van der Waals surface area contributed by atoms with Crippen molar-refractivity contribution in [3.05, 3.63) is 18.0 Å². The van der Waals surface area contributed by atoms with Gasteiger partial charge in [-0.15, -0.1) is 0 Å². The Kier molecular flexibility index (Phi) is 5.07. The SMILES string of the molecule is CNC(C(=O)N1CCN(CC(F)(F)F)CC1)c1cnn(C)c1. The van der Waals surface area contributed by atoms with Gasteiger partial charge < -0.3 is 10.2 Å². The minimum atomic E-state index is -4.20. The van der Waals surface area contributed by atoms with Crippen LogP contribution in [-0.4, -0.2) is 71.4 Å². The van der Waals surface area contributed by atoms with Crippen molar-refractivity contribution in [3.63, 3.8) is 0 Å². The molecule has 0 bridgehead atoms. The molecule has 1 N–H and O–H groups in total. The molecule has 0 spiro atoms. The quantitative estimate of drug-likeness (QED) is 0.872. The van der Waals surface area contributed by atoms with Gasteiger partial charge in [0.2, 0.25) is 5.91 Å². The Morgan fingerprint density at radius 1 is 1.36 bits per heavy atom. The van der Waals surface area contributed by atoms with Crippen LogP contribution in [0.1, 0.15) is 11.6 Å². The molecule has 1 aliphatic heterocycles. The molecule has 2 rings (SSSR count). The van der Waals surface area contributed by atoms with E-state index >= 15 is 0 Å². The average molecular weight is 319 g/mol. The zero-order chi connectivity index (χ0) is 16.3. The van der Waals surface area contributed by atoms with E-state index in [1.54, 1.807) is 36.1 Å². The van der Waals surface area contributed by atoms with Crippen molar-refractivity contribution in [2.24, 2.45) is 7.05 Å². The van der Waals surface area contributed by atoms with Crippen LogP contribution in [0.15, 0.2) is 12.4 Å². The molecule has 9 heteroatoms. The van der Waals surface area contributed by atoms with Gasteiger partial charge in [0.15, 0.2) is 0 Å². The van der Waals surface area contributed by atoms with Crippen LogP contribution in [0.4, 0.5) is 13.2 Å². The van der Waals surface area contributed by atoms with E-state index in [4.69, 9.17) is 0 Å². The van der Waals surface area contributed by atoms with E-state index < -0.39 is 18.8 Å². The fourth-order valence-corrected chi connectivity index (χ4v) is 2.58. The molecule has 1 aliphatic rings. The Morgan fingerprint density at radius 3 is 2.45 bits per heavy atom. The second-order valence-corrected chi connectivity index (χ2v) is 5.39.